The van der Waals surface area contributed by atoms with Crippen molar-refractivity contribution < 1.29 is 18.0 Å². The highest BCUT2D eigenvalue weighted by atomic mass is 19.4. The van der Waals surface area contributed by atoms with Crippen LogP contribution in [0.25, 0.3) is 11.3 Å². The number of hydrogen-bond acceptors (Lipinski definition) is 5. The molecule has 0 aromatic carbocycles. The van der Waals surface area contributed by atoms with E-state index >= 15 is 0 Å². The zero-order chi connectivity index (χ0) is 21.5. The Morgan fingerprint density at radius 2 is 2.10 bits per heavy atom. The summed E-state index contributed by atoms with van der Waals surface area (Å²) >= 11 is 0. The summed E-state index contributed by atoms with van der Waals surface area (Å²) in [7, 11) is 1.14. The zero-order valence-corrected chi connectivity index (χ0v) is 15.8. The van der Waals surface area contributed by atoms with Gasteiger partial charge in [0, 0.05) is 56.1 Å². The Bertz CT molecular complexity index is 1140. The van der Waals surface area contributed by atoms with Crippen molar-refractivity contribution in [3.63, 3.8) is 0 Å². The molecule has 8 nitrogen and oxygen atoms in total. The van der Waals surface area contributed by atoms with E-state index in [1.165, 1.54) is 11.0 Å². The van der Waals surface area contributed by atoms with Crippen molar-refractivity contribution in [1.82, 2.24) is 29.6 Å². The number of carbonyl (C=O) groups excluding carboxylic acids is 1. The van der Waals surface area contributed by atoms with E-state index in [2.05, 4.69) is 20.1 Å². The third kappa shape index (κ3) is 3.82. The van der Waals surface area contributed by atoms with Gasteiger partial charge in [-0.2, -0.15) is 18.3 Å². The predicted molar refractivity (Wildman–Crippen MR) is 99.6 cm³/mol. The topological polar surface area (TPSA) is 96.8 Å². The minimum atomic E-state index is -4.59. The molecule has 30 heavy (non-hydrogen) atoms. The number of aromatic nitrogens is 5. The van der Waals surface area contributed by atoms with Crippen molar-refractivity contribution in [1.29, 1.82) is 0 Å². The number of hydrogen-bond donors (Lipinski definition) is 1. The number of rotatable bonds is 3. The van der Waals surface area contributed by atoms with E-state index in [0.29, 0.717) is 34.7 Å². The molecule has 11 heteroatoms. The van der Waals surface area contributed by atoms with E-state index in [0.717, 1.165) is 13.1 Å². The Kier molecular flexibility index (Phi) is 4.88. The third-order valence-electron chi connectivity index (χ3n) is 4.97. The number of halogens is 3. The molecule has 4 rings (SSSR count). The fourth-order valence-corrected chi connectivity index (χ4v) is 3.50. The smallest absolute Gasteiger partial charge is 0.336 e. The molecule has 1 saturated heterocycles. The molecule has 1 aliphatic rings. The lowest BCUT2D eigenvalue weighted by molar-refractivity contribution is -0.143. The second-order valence-electron chi connectivity index (χ2n) is 7.03. The Balaban J connectivity index is 1.55. The van der Waals surface area contributed by atoms with Gasteiger partial charge in [-0.3, -0.25) is 19.3 Å². The molecule has 156 valence electrons. The first kappa shape index (κ1) is 19.8. The SMILES string of the molecule is Cn1nc(C(=O)N2CC[C@@H](c3nc(-c4cccnc4)cc(=O)[nH]3)C2)cc1C(F)(F)F. The van der Waals surface area contributed by atoms with Gasteiger partial charge in [0.05, 0.1) is 5.69 Å². The van der Waals surface area contributed by atoms with Crippen molar-refractivity contribution in [3.8, 4) is 11.3 Å². The lowest BCUT2D eigenvalue weighted by Crippen LogP contribution is -2.29. The van der Waals surface area contributed by atoms with E-state index in [1.54, 1.807) is 24.5 Å². The number of aromatic amines is 1. The molecule has 1 atom stereocenters. The Labute approximate surface area is 168 Å². The largest absolute Gasteiger partial charge is 0.433 e. The molecular formula is C19H17F3N6O2. The molecule has 0 spiro atoms. The molecule has 3 aromatic heterocycles. The molecule has 1 amide bonds. The summed E-state index contributed by atoms with van der Waals surface area (Å²) in [4.78, 5) is 37.4. The maximum absolute atomic E-state index is 13.0. The number of nitrogens with zero attached hydrogens (tertiary/aromatic N) is 5. The van der Waals surface area contributed by atoms with Gasteiger partial charge in [0.15, 0.2) is 5.69 Å². The minimum Gasteiger partial charge on any atom is -0.336 e. The Hall–Kier alpha value is -3.50. The normalized spacial score (nSPS) is 16.8. The van der Waals surface area contributed by atoms with Crippen LogP contribution in [0.3, 0.4) is 0 Å². The van der Waals surface area contributed by atoms with E-state index in [-0.39, 0.29) is 23.7 Å². The van der Waals surface area contributed by atoms with Crippen molar-refractivity contribution >= 4 is 5.91 Å². The highest BCUT2D eigenvalue weighted by Crippen LogP contribution is 2.31. The average Bonchev–Trinajstić information content (AvgIpc) is 3.34. The maximum atomic E-state index is 13.0. The lowest BCUT2D eigenvalue weighted by atomic mass is 10.1. The summed E-state index contributed by atoms with van der Waals surface area (Å²) in [5.74, 6) is -0.410. The summed E-state index contributed by atoms with van der Waals surface area (Å²) in [5, 5.41) is 3.71. The third-order valence-corrected chi connectivity index (χ3v) is 4.97. The fourth-order valence-electron chi connectivity index (χ4n) is 3.50. The molecule has 1 N–H and O–H groups in total. The first-order chi connectivity index (χ1) is 14.2. The van der Waals surface area contributed by atoms with Gasteiger partial charge in [0.25, 0.3) is 11.5 Å². The van der Waals surface area contributed by atoms with Gasteiger partial charge in [-0.15, -0.1) is 0 Å². The summed E-state index contributed by atoms with van der Waals surface area (Å²) in [6.45, 7) is 0.540. The highest BCUT2D eigenvalue weighted by molar-refractivity contribution is 5.92. The molecular weight excluding hydrogens is 401 g/mol. The predicted octanol–water partition coefficient (Wildman–Crippen LogP) is 2.21. The van der Waals surface area contributed by atoms with Gasteiger partial charge in [-0.1, -0.05) is 0 Å². The maximum Gasteiger partial charge on any atom is 0.433 e. The van der Waals surface area contributed by atoms with E-state index in [1.807, 2.05) is 0 Å². The fraction of sp³-hybridized carbons (Fsp3) is 0.316. The molecule has 0 saturated carbocycles. The molecule has 0 aliphatic carbocycles. The van der Waals surface area contributed by atoms with Gasteiger partial charge in [0.2, 0.25) is 0 Å². The van der Waals surface area contributed by atoms with Crippen LogP contribution in [-0.4, -0.2) is 48.6 Å². The van der Waals surface area contributed by atoms with E-state index in [4.69, 9.17) is 0 Å². The number of pyridine rings is 1. The summed E-state index contributed by atoms with van der Waals surface area (Å²) in [6, 6.07) is 5.63. The van der Waals surface area contributed by atoms with Crippen LogP contribution in [0, 0.1) is 0 Å². The van der Waals surface area contributed by atoms with Gasteiger partial charge in [-0.25, -0.2) is 4.98 Å². The Morgan fingerprint density at radius 3 is 2.77 bits per heavy atom. The molecule has 4 heterocycles. The molecule has 0 unspecified atom stereocenters. The number of nitrogens with one attached hydrogen (secondary N) is 1. The van der Waals surface area contributed by atoms with E-state index in [9.17, 15) is 22.8 Å². The van der Waals surface area contributed by atoms with Crippen LogP contribution in [0.4, 0.5) is 13.2 Å². The summed E-state index contributed by atoms with van der Waals surface area (Å²) in [5.41, 5.74) is -0.439. The highest BCUT2D eigenvalue weighted by Gasteiger charge is 2.37. The monoisotopic (exact) mass is 418 g/mol. The first-order valence-electron chi connectivity index (χ1n) is 9.14. The van der Waals surface area contributed by atoms with Crippen molar-refractivity contribution in [2.45, 2.75) is 18.5 Å². The van der Waals surface area contributed by atoms with Crippen molar-refractivity contribution in [2.24, 2.45) is 7.05 Å². The number of carbonyl (C=O) groups is 1. The molecule has 0 radical (unpaired) electrons. The number of likely N-dealkylation sites (tertiary alicyclic amines) is 1. The zero-order valence-electron chi connectivity index (χ0n) is 15.8. The van der Waals surface area contributed by atoms with Gasteiger partial charge in [0.1, 0.15) is 11.5 Å². The quantitative estimate of drug-likeness (QED) is 0.704. The van der Waals surface area contributed by atoms with Gasteiger partial charge >= 0.3 is 6.18 Å². The van der Waals surface area contributed by atoms with Gasteiger partial charge < -0.3 is 9.88 Å². The standard InChI is InChI=1S/C19H17F3N6O2/c1-27-15(19(20,21)22)7-14(26-27)18(30)28-6-4-12(10-28)17-24-13(8-16(29)25-17)11-3-2-5-23-9-11/h2-3,5,7-9,12H,4,6,10H2,1H3,(H,24,25,29)/t12-/m1/s1. The second-order valence-corrected chi connectivity index (χ2v) is 7.03. The number of alkyl halides is 3. The molecule has 1 aliphatic heterocycles. The number of aryl methyl sites for hydroxylation is 1. The Morgan fingerprint density at radius 1 is 1.30 bits per heavy atom. The van der Waals surface area contributed by atoms with Crippen LogP contribution >= 0.6 is 0 Å². The van der Waals surface area contributed by atoms with Crippen molar-refractivity contribution in [3.05, 3.63) is 64.2 Å². The van der Waals surface area contributed by atoms with Crippen LogP contribution in [0.15, 0.2) is 41.5 Å². The average molecular weight is 418 g/mol. The van der Waals surface area contributed by atoms with Crippen LogP contribution in [0.1, 0.15) is 34.3 Å². The van der Waals surface area contributed by atoms with Crippen LogP contribution in [0.2, 0.25) is 0 Å². The number of H-pyrrole nitrogens is 1. The lowest BCUT2D eigenvalue weighted by Gasteiger charge is -2.15. The summed E-state index contributed by atoms with van der Waals surface area (Å²) in [6.07, 6.45) is -0.872. The first-order valence-corrected chi connectivity index (χ1v) is 9.14. The number of amides is 1. The molecule has 3 aromatic rings. The molecule has 0 bridgehead atoms. The van der Waals surface area contributed by atoms with Gasteiger partial charge in [-0.05, 0) is 18.6 Å². The van der Waals surface area contributed by atoms with E-state index < -0.39 is 17.8 Å². The minimum absolute atomic E-state index is 0.218. The van der Waals surface area contributed by atoms with Crippen LogP contribution in [-0.2, 0) is 13.2 Å². The summed E-state index contributed by atoms with van der Waals surface area (Å²) < 4.78 is 39.6. The second kappa shape index (κ2) is 7.39. The van der Waals surface area contributed by atoms with Crippen LogP contribution < -0.4 is 5.56 Å². The van der Waals surface area contributed by atoms with Crippen molar-refractivity contribution in [2.75, 3.05) is 13.1 Å². The molecule has 1 fully saturated rings. The van der Waals surface area contributed by atoms with Crippen LogP contribution in [0.5, 0.6) is 0 Å².